The van der Waals surface area contributed by atoms with Gasteiger partial charge in [0, 0.05) is 4.88 Å². The van der Waals surface area contributed by atoms with E-state index in [-0.39, 0.29) is 40.7 Å². The van der Waals surface area contributed by atoms with Crippen LogP contribution in [0.25, 0.3) is 10.2 Å². The normalized spacial score (nSPS) is 13.3. The zero-order valence-corrected chi connectivity index (χ0v) is 26.7. The lowest BCUT2D eigenvalue weighted by molar-refractivity contribution is -0.141. The zero-order valence-electron chi connectivity index (χ0n) is 24.3. The Morgan fingerprint density at radius 3 is 2.39 bits per heavy atom. The molecule has 0 atom stereocenters. The van der Waals surface area contributed by atoms with Crippen molar-refractivity contribution in [3.05, 3.63) is 44.6 Å². The zero-order chi connectivity index (χ0) is 32.0. The molecule has 4 rings (SSSR count). The van der Waals surface area contributed by atoms with Crippen molar-refractivity contribution in [2.45, 2.75) is 46.1 Å². The van der Waals surface area contributed by atoms with Gasteiger partial charge in [-0.05, 0) is 63.3 Å². The van der Waals surface area contributed by atoms with Gasteiger partial charge in [-0.1, -0.05) is 11.3 Å². The molecule has 0 unspecified atom stereocenters. The van der Waals surface area contributed by atoms with E-state index in [9.17, 15) is 32.4 Å². The van der Waals surface area contributed by atoms with Crippen molar-refractivity contribution in [2.24, 2.45) is 4.99 Å². The average Bonchev–Trinajstić information content (AvgIpc) is 3.48. The van der Waals surface area contributed by atoms with Crippen LogP contribution in [0, 0.1) is 0 Å². The van der Waals surface area contributed by atoms with Crippen molar-refractivity contribution in [1.29, 1.82) is 0 Å². The number of nitrogens with zero attached hydrogens (tertiary/aromatic N) is 2. The van der Waals surface area contributed by atoms with Crippen molar-refractivity contribution < 1.29 is 46.6 Å². The summed E-state index contributed by atoms with van der Waals surface area (Å²) < 4.78 is 42.5. The van der Waals surface area contributed by atoms with Crippen LogP contribution in [0.5, 0.6) is 0 Å². The van der Waals surface area contributed by atoms with Crippen LogP contribution in [0.15, 0.2) is 23.2 Å². The summed E-state index contributed by atoms with van der Waals surface area (Å²) in [6.45, 7) is 3.32. The quantitative estimate of drug-likeness (QED) is 0.237. The molecule has 16 heteroatoms. The van der Waals surface area contributed by atoms with Crippen molar-refractivity contribution in [1.82, 2.24) is 4.57 Å². The third kappa shape index (κ3) is 7.78. The summed E-state index contributed by atoms with van der Waals surface area (Å²) >= 11 is 2.18. The molecule has 1 aromatic carbocycles. The van der Waals surface area contributed by atoms with Crippen LogP contribution in [0.1, 0.15) is 57.8 Å². The number of fused-ring (bicyclic) bond motifs is 2. The summed E-state index contributed by atoms with van der Waals surface area (Å²) in [6, 6.07) is 4.56. The number of benzene rings is 1. The Balaban J connectivity index is 1.55. The van der Waals surface area contributed by atoms with E-state index >= 15 is 0 Å². The highest BCUT2D eigenvalue weighted by atomic mass is 32.2. The van der Waals surface area contributed by atoms with Gasteiger partial charge in [-0.15, -0.1) is 11.3 Å². The fourth-order valence-corrected chi connectivity index (χ4v) is 8.05. The molecule has 1 aliphatic rings. The minimum Gasteiger partial charge on any atom is -0.468 e. The molecule has 2 amide bonds. The van der Waals surface area contributed by atoms with E-state index in [4.69, 9.17) is 14.2 Å². The molecule has 0 radical (unpaired) electrons. The standard InChI is InChI=1S/C28H31N3O10S3/c1-4-40-26(35)16-10-11-18-20(12-16)43-28(31(18)13-23(34)39-3)30-22(33)15-44(37,38)14-21(32)29-25-24(27(36)41-5-2)17-8-6-7-9-19(17)42-25/h10-12H,4-9,13-15H2,1-3H3,(H,29,32). The summed E-state index contributed by atoms with van der Waals surface area (Å²) in [7, 11) is -3.09. The number of aryl methyl sites for hydroxylation is 1. The predicted octanol–water partition coefficient (Wildman–Crippen LogP) is 2.65. The molecule has 2 heterocycles. The summed E-state index contributed by atoms with van der Waals surface area (Å²) in [5.74, 6) is -5.85. The lowest BCUT2D eigenvalue weighted by Crippen LogP contribution is -2.29. The molecular weight excluding hydrogens is 635 g/mol. The van der Waals surface area contributed by atoms with Crippen molar-refractivity contribution >= 4 is 77.5 Å². The number of nitrogens with one attached hydrogen (secondary N) is 1. The second-order valence-corrected chi connectivity index (χ2v) is 13.9. The van der Waals surface area contributed by atoms with Crippen molar-refractivity contribution in [3.8, 4) is 0 Å². The lowest BCUT2D eigenvalue weighted by Gasteiger charge is -2.12. The molecule has 0 saturated heterocycles. The molecular formula is C28H31N3O10S3. The molecule has 0 aliphatic heterocycles. The van der Waals surface area contributed by atoms with Crippen molar-refractivity contribution in [3.63, 3.8) is 0 Å². The molecule has 1 aliphatic carbocycles. The number of anilines is 1. The Kier molecular flexibility index (Phi) is 10.7. The number of sulfone groups is 1. The monoisotopic (exact) mass is 665 g/mol. The van der Waals surface area contributed by atoms with Gasteiger partial charge < -0.3 is 24.1 Å². The van der Waals surface area contributed by atoms with E-state index in [1.165, 1.54) is 35.1 Å². The second-order valence-electron chi connectivity index (χ2n) is 9.67. The topological polar surface area (TPSA) is 176 Å². The highest BCUT2D eigenvalue weighted by molar-refractivity contribution is 7.92. The smallest absolute Gasteiger partial charge is 0.341 e. The van der Waals surface area contributed by atoms with Gasteiger partial charge in [0.2, 0.25) is 5.91 Å². The summed E-state index contributed by atoms with van der Waals surface area (Å²) in [5.41, 5.74) is 1.76. The fraction of sp³-hybridized carbons (Fsp3) is 0.429. The van der Waals surface area contributed by atoms with Gasteiger partial charge in [-0.25, -0.2) is 18.0 Å². The number of carbonyl (C=O) groups excluding carboxylic acids is 5. The lowest BCUT2D eigenvalue weighted by atomic mass is 9.95. The molecule has 0 bridgehead atoms. The maximum absolute atomic E-state index is 12.9. The number of esters is 3. The highest BCUT2D eigenvalue weighted by Crippen LogP contribution is 2.38. The third-order valence-electron chi connectivity index (χ3n) is 6.53. The summed E-state index contributed by atoms with van der Waals surface area (Å²) in [6.07, 6.45) is 3.22. The number of methoxy groups -OCH3 is 1. The van der Waals surface area contributed by atoms with Crippen LogP contribution in [0.3, 0.4) is 0 Å². The Morgan fingerprint density at radius 1 is 0.977 bits per heavy atom. The molecule has 3 aromatic rings. The fourth-order valence-electron chi connectivity index (χ4n) is 4.66. The third-order valence-corrected chi connectivity index (χ3v) is 10.2. The Labute approximate surface area is 260 Å². The van der Waals surface area contributed by atoms with Crippen LogP contribution >= 0.6 is 22.7 Å². The molecule has 1 N–H and O–H groups in total. The van der Waals surface area contributed by atoms with Crippen LogP contribution in [0.2, 0.25) is 0 Å². The van der Waals surface area contributed by atoms with Crippen LogP contribution in [0.4, 0.5) is 5.00 Å². The van der Waals surface area contributed by atoms with Crippen LogP contribution in [-0.2, 0) is 57.8 Å². The van der Waals surface area contributed by atoms with Gasteiger partial charge in [-0.2, -0.15) is 4.99 Å². The first kappa shape index (κ1) is 33.0. The maximum atomic E-state index is 12.9. The number of amides is 2. The Bertz CT molecular complexity index is 1800. The van der Waals surface area contributed by atoms with E-state index in [0.29, 0.717) is 16.6 Å². The predicted molar refractivity (Wildman–Crippen MR) is 163 cm³/mol. The van der Waals surface area contributed by atoms with E-state index < -0.39 is 51.1 Å². The van der Waals surface area contributed by atoms with Gasteiger partial charge >= 0.3 is 17.9 Å². The average molecular weight is 666 g/mol. The van der Waals surface area contributed by atoms with E-state index in [2.05, 4.69) is 10.3 Å². The van der Waals surface area contributed by atoms with E-state index in [0.717, 1.165) is 41.0 Å². The number of hydrogen-bond acceptors (Lipinski definition) is 12. The number of rotatable bonds is 11. The minimum absolute atomic E-state index is 0.000644. The van der Waals surface area contributed by atoms with Gasteiger partial charge in [0.05, 0.1) is 41.7 Å². The van der Waals surface area contributed by atoms with E-state index in [1.54, 1.807) is 19.9 Å². The molecule has 2 aromatic heterocycles. The maximum Gasteiger partial charge on any atom is 0.341 e. The molecule has 0 fully saturated rings. The van der Waals surface area contributed by atoms with Gasteiger partial charge in [0.1, 0.15) is 23.1 Å². The number of hydrogen-bond donors (Lipinski definition) is 1. The van der Waals surface area contributed by atoms with Gasteiger partial charge in [0.25, 0.3) is 5.91 Å². The SMILES string of the molecule is CCOC(=O)c1ccc2c(c1)sc(=NC(=O)CS(=O)(=O)CC(=O)Nc1sc3c(c1C(=O)OCC)CCCC3)n2CC(=O)OC. The van der Waals surface area contributed by atoms with Gasteiger partial charge in [0.15, 0.2) is 14.6 Å². The van der Waals surface area contributed by atoms with Crippen molar-refractivity contribution in [2.75, 3.05) is 37.1 Å². The largest absolute Gasteiger partial charge is 0.468 e. The second kappa shape index (κ2) is 14.3. The summed E-state index contributed by atoms with van der Waals surface area (Å²) in [4.78, 5) is 67.4. The molecule has 0 spiro atoms. The molecule has 0 saturated carbocycles. The van der Waals surface area contributed by atoms with Crippen LogP contribution < -0.4 is 10.1 Å². The highest BCUT2D eigenvalue weighted by Gasteiger charge is 2.29. The number of ether oxygens (including phenoxy) is 3. The first-order chi connectivity index (χ1) is 21.0. The van der Waals surface area contributed by atoms with E-state index in [1.807, 2.05) is 0 Å². The molecule has 236 valence electrons. The van der Waals surface area contributed by atoms with Crippen LogP contribution in [-0.4, -0.2) is 74.5 Å². The first-order valence-corrected chi connectivity index (χ1v) is 17.2. The number of aromatic nitrogens is 1. The summed E-state index contributed by atoms with van der Waals surface area (Å²) in [5, 5.41) is 2.76. The number of thiazole rings is 1. The first-order valence-electron chi connectivity index (χ1n) is 13.7. The minimum atomic E-state index is -4.28. The Hall–Kier alpha value is -3.89. The molecule has 44 heavy (non-hydrogen) atoms. The number of carbonyl (C=O) groups is 5. The van der Waals surface area contributed by atoms with Gasteiger partial charge in [-0.3, -0.25) is 14.4 Å². The molecule has 13 nitrogen and oxygen atoms in total. The Morgan fingerprint density at radius 2 is 1.68 bits per heavy atom. The number of thiophene rings is 1.